The van der Waals surface area contributed by atoms with E-state index >= 15 is 0 Å². The van der Waals surface area contributed by atoms with Gasteiger partial charge in [0.1, 0.15) is 0 Å². The van der Waals surface area contributed by atoms with Crippen molar-refractivity contribution in [2.24, 2.45) is 0 Å². The zero-order chi connectivity index (χ0) is 11.5. The van der Waals surface area contributed by atoms with E-state index in [9.17, 15) is 4.79 Å². The second kappa shape index (κ2) is 4.49. The first-order valence-corrected chi connectivity index (χ1v) is 5.25. The van der Waals surface area contributed by atoms with Crippen LogP contribution in [0.25, 0.3) is 5.65 Å². The molecular formula is C10H10ClN3O2. The van der Waals surface area contributed by atoms with Crippen LogP contribution in [0.5, 0.6) is 0 Å². The van der Waals surface area contributed by atoms with Crippen molar-refractivity contribution in [2.45, 2.75) is 19.3 Å². The molecule has 2 aromatic rings. The van der Waals surface area contributed by atoms with Gasteiger partial charge in [0.05, 0.1) is 5.02 Å². The smallest absolute Gasteiger partial charge is 0.303 e. The monoisotopic (exact) mass is 239 g/mol. The van der Waals surface area contributed by atoms with Crippen LogP contribution in [0, 0.1) is 0 Å². The average molecular weight is 240 g/mol. The number of carboxylic acid groups (broad SMARTS) is 1. The number of nitrogens with zero attached hydrogens (tertiary/aromatic N) is 3. The lowest BCUT2D eigenvalue weighted by molar-refractivity contribution is -0.137. The topological polar surface area (TPSA) is 67.5 Å². The van der Waals surface area contributed by atoms with Crippen molar-refractivity contribution in [3.05, 3.63) is 29.2 Å². The van der Waals surface area contributed by atoms with Gasteiger partial charge in [-0.3, -0.25) is 4.79 Å². The summed E-state index contributed by atoms with van der Waals surface area (Å²) in [6, 6.07) is 3.52. The number of carbonyl (C=O) groups is 1. The Hall–Kier alpha value is -1.62. The molecular weight excluding hydrogens is 230 g/mol. The summed E-state index contributed by atoms with van der Waals surface area (Å²) in [6.07, 6.45) is 2.91. The summed E-state index contributed by atoms with van der Waals surface area (Å²) in [6.45, 7) is 0. The van der Waals surface area contributed by atoms with E-state index in [1.807, 2.05) is 0 Å². The molecule has 2 aromatic heterocycles. The summed E-state index contributed by atoms with van der Waals surface area (Å²) in [5.41, 5.74) is 0.717. The second-order valence-electron chi connectivity index (χ2n) is 3.43. The molecule has 0 spiro atoms. The van der Waals surface area contributed by atoms with E-state index in [-0.39, 0.29) is 6.42 Å². The van der Waals surface area contributed by atoms with Crippen LogP contribution in [0.4, 0.5) is 0 Å². The Balaban J connectivity index is 2.10. The first-order chi connectivity index (χ1) is 7.65. The highest BCUT2D eigenvalue weighted by molar-refractivity contribution is 6.30. The lowest BCUT2D eigenvalue weighted by Gasteiger charge is -1.91. The SMILES string of the molecule is O=C(O)CCCc1nc2ccc(Cl)cn2n1. The zero-order valence-electron chi connectivity index (χ0n) is 8.43. The number of pyridine rings is 1. The minimum absolute atomic E-state index is 0.135. The van der Waals surface area contributed by atoms with Gasteiger partial charge < -0.3 is 5.11 Å². The minimum atomic E-state index is -0.799. The summed E-state index contributed by atoms with van der Waals surface area (Å²) >= 11 is 5.81. The first-order valence-electron chi connectivity index (χ1n) is 4.88. The third kappa shape index (κ3) is 2.49. The molecule has 0 unspecified atom stereocenters. The Morgan fingerprint density at radius 2 is 2.31 bits per heavy atom. The third-order valence-corrected chi connectivity index (χ3v) is 2.35. The van der Waals surface area contributed by atoms with Gasteiger partial charge in [0.2, 0.25) is 0 Å². The number of aliphatic carboxylic acids is 1. The number of fused-ring (bicyclic) bond motifs is 1. The molecule has 0 aliphatic rings. The standard InChI is InChI=1S/C10H10ClN3O2/c11-7-4-5-9-12-8(13-14(9)6-7)2-1-3-10(15)16/h4-6H,1-3H2,(H,15,16). The van der Waals surface area contributed by atoms with E-state index in [4.69, 9.17) is 16.7 Å². The van der Waals surface area contributed by atoms with Crippen molar-refractivity contribution in [1.29, 1.82) is 0 Å². The summed E-state index contributed by atoms with van der Waals surface area (Å²) in [5.74, 6) is -0.157. The first kappa shape index (κ1) is 10.9. The van der Waals surface area contributed by atoms with Crippen molar-refractivity contribution < 1.29 is 9.90 Å². The predicted octanol–water partition coefficient (Wildman–Crippen LogP) is 1.79. The molecule has 5 nitrogen and oxygen atoms in total. The van der Waals surface area contributed by atoms with Crippen LogP contribution < -0.4 is 0 Å². The van der Waals surface area contributed by atoms with Crippen LogP contribution >= 0.6 is 11.6 Å². The van der Waals surface area contributed by atoms with Gasteiger partial charge in [-0.25, -0.2) is 9.50 Å². The Kier molecular flexibility index (Phi) is 3.05. The van der Waals surface area contributed by atoms with E-state index in [0.29, 0.717) is 23.7 Å². The van der Waals surface area contributed by atoms with Gasteiger partial charge in [-0.15, -0.1) is 0 Å². The molecule has 6 heteroatoms. The van der Waals surface area contributed by atoms with Crippen LogP contribution in [-0.4, -0.2) is 25.7 Å². The van der Waals surface area contributed by atoms with Crippen LogP contribution in [0.3, 0.4) is 0 Å². The zero-order valence-corrected chi connectivity index (χ0v) is 9.18. The number of aromatic nitrogens is 3. The molecule has 0 fully saturated rings. The van der Waals surface area contributed by atoms with Crippen molar-refractivity contribution in [3.63, 3.8) is 0 Å². The van der Waals surface area contributed by atoms with Crippen molar-refractivity contribution >= 4 is 23.2 Å². The molecule has 0 aliphatic heterocycles. The molecule has 0 saturated heterocycles. The minimum Gasteiger partial charge on any atom is -0.481 e. The molecule has 0 aliphatic carbocycles. The maximum atomic E-state index is 10.3. The average Bonchev–Trinajstić information content (AvgIpc) is 2.58. The fraction of sp³-hybridized carbons (Fsp3) is 0.300. The van der Waals surface area contributed by atoms with Crippen molar-refractivity contribution in [1.82, 2.24) is 14.6 Å². The molecule has 1 N–H and O–H groups in total. The summed E-state index contributed by atoms with van der Waals surface area (Å²) in [4.78, 5) is 14.6. The highest BCUT2D eigenvalue weighted by Crippen LogP contribution is 2.10. The van der Waals surface area contributed by atoms with Crippen LogP contribution in [0.15, 0.2) is 18.3 Å². The fourth-order valence-electron chi connectivity index (χ4n) is 1.41. The van der Waals surface area contributed by atoms with Crippen molar-refractivity contribution in [3.8, 4) is 0 Å². The van der Waals surface area contributed by atoms with Crippen LogP contribution in [0.1, 0.15) is 18.7 Å². The van der Waals surface area contributed by atoms with Gasteiger partial charge in [0.15, 0.2) is 11.5 Å². The molecule has 16 heavy (non-hydrogen) atoms. The molecule has 2 heterocycles. The number of hydrogen-bond donors (Lipinski definition) is 1. The lowest BCUT2D eigenvalue weighted by Crippen LogP contribution is -1.97. The molecule has 0 bridgehead atoms. The molecule has 0 atom stereocenters. The summed E-state index contributed by atoms with van der Waals surface area (Å²) < 4.78 is 1.60. The largest absolute Gasteiger partial charge is 0.481 e. The fourth-order valence-corrected chi connectivity index (χ4v) is 1.56. The number of rotatable bonds is 4. The highest BCUT2D eigenvalue weighted by Gasteiger charge is 2.05. The van der Waals surface area contributed by atoms with E-state index in [0.717, 1.165) is 5.65 Å². The summed E-state index contributed by atoms with van der Waals surface area (Å²) in [5, 5.41) is 13.3. The summed E-state index contributed by atoms with van der Waals surface area (Å²) in [7, 11) is 0. The molecule has 84 valence electrons. The van der Waals surface area contributed by atoms with Gasteiger partial charge in [-0.1, -0.05) is 11.6 Å². The third-order valence-electron chi connectivity index (χ3n) is 2.13. The van der Waals surface area contributed by atoms with Gasteiger partial charge in [0.25, 0.3) is 0 Å². The number of aryl methyl sites for hydroxylation is 1. The predicted molar refractivity (Wildman–Crippen MR) is 58.6 cm³/mol. The molecule has 2 rings (SSSR count). The van der Waals surface area contributed by atoms with E-state index in [1.54, 1.807) is 22.8 Å². The number of halogens is 1. The Labute approximate surface area is 96.7 Å². The van der Waals surface area contributed by atoms with E-state index < -0.39 is 5.97 Å². The molecule has 0 saturated carbocycles. The normalized spacial score (nSPS) is 10.8. The van der Waals surface area contributed by atoms with Crippen LogP contribution in [0.2, 0.25) is 5.02 Å². The Bertz CT molecular complexity index is 524. The number of carboxylic acids is 1. The maximum Gasteiger partial charge on any atom is 0.303 e. The van der Waals surface area contributed by atoms with E-state index in [1.165, 1.54) is 0 Å². The number of hydrogen-bond acceptors (Lipinski definition) is 3. The van der Waals surface area contributed by atoms with Crippen LogP contribution in [-0.2, 0) is 11.2 Å². The van der Waals surface area contributed by atoms with Gasteiger partial charge in [0, 0.05) is 19.0 Å². The molecule has 0 aromatic carbocycles. The Morgan fingerprint density at radius 1 is 1.50 bits per heavy atom. The van der Waals surface area contributed by atoms with Gasteiger partial charge >= 0.3 is 5.97 Å². The van der Waals surface area contributed by atoms with E-state index in [2.05, 4.69) is 10.1 Å². The van der Waals surface area contributed by atoms with Gasteiger partial charge in [-0.05, 0) is 18.6 Å². The quantitative estimate of drug-likeness (QED) is 0.883. The lowest BCUT2D eigenvalue weighted by atomic mass is 10.2. The van der Waals surface area contributed by atoms with Gasteiger partial charge in [-0.2, -0.15) is 5.10 Å². The van der Waals surface area contributed by atoms with Crippen molar-refractivity contribution in [2.75, 3.05) is 0 Å². The molecule has 0 amide bonds. The maximum absolute atomic E-state index is 10.3. The second-order valence-corrected chi connectivity index (χ2v) is 3.86. The highest BCUT2D eigenvalue weighted by atomic mass is 35.5. The molecule has 0 radical (unpaired) electrons. The Morgan fingerprint density at radius 3 is 3.06 bits per heavy atom.